The standard InChI is InChI=1S/C12H15N3O7S2/c16-11(13-1-3-23)8-5-9(7-10(6-8)15(18)19)12(17)14-2-4-24(20,21)22/h5-7,23H,1-4H2,(H,13,16)(H,14,17)(H,20,21,22). The molecule has 24 heavy (non-hydrogen) atoms. The average Bonchev–Trinajstić information content (AvgIpc) is 2.50. The Bertz CT molecular complexity index is 749. The van der Waals surface area contributed by atoms with Crippen molar-refractivity contribution in [3.8, 4) is 0 Å². The van der Waals surface area contributed by atoms with Gasteiger partial charge in [-0.2, -0.15) is 21.0 Å². The molecule has 0 bridgehead atoms. The Balaban J connectivity index is 3.00. The van der Waals surface area contributed by atoms with Crippen molar-refractivity contribution in [3.05, 3.63) is 39.4 Å². The number of hydrogen-bond donors (Lipinski definition) is 4. The minimum absolute atomic E-state index is 0.0917. The highest BCUT2D eigenvalue weighted by Crippen LogP contribution is 2.17. The van der Waals surface area contributed by atoms with Crippen molar-refractivity contribution in [3.63, 3.8) is 0 Å². The monoisotopic (exact) mass is 377 g/mol. The number of nitro groups is 1. The van der Waals surface area contributed by atoms with Crippen LogP contribution in [0.5, 0.6) is 0 Å². The van der Waals surface area contributed by atoms with E-state index in [4.69, 9.17) is 4.55 Å². The lowest BCUT2D eigenvalue weighted by molar-refractivity contribution is -0.384. The van der Waals surface area contributed by atoms with Crippen LogP contribution >= 0.6 is 12.6 Å². The van der Waals surface area contributed by atoms with Crippen molar-refractivity contribution in [2.75, 3.05) is 24.6 Å². The smallest absolute Gasteiger partial charge is 0.271 e. The van der Waals surface area contributed by atoms with Gasteiger partial charge in [-0.3, -0.25) is 24.3 Å². The number of thiol groups is 1. The molecule has 12 heteroatoms. The van der Waals surface area contributed by atoms with E-state index in [0.29, 0.717) is 5.75 Å². The Kier molecular flexibility index (Phi) is 7.13. The van der Waals surface area contributed by atoms with E-state index in [1.54, 1.807) is 0 Å². The number of hydrogen-bond acceptors (Lipinski definition) is 7. The molecule has 0 saturated carbocycles. The van der Waals surface area contributed by atoms with Crippen LogP contribution in [-0.4, -0.2) is 54.3 Å². The zero-order valence-electron chi connectivity index (χ0n) is 12.3. The van der Waals surface area contributed by atoms with Gasteiger partial charge in [0.25, 0.3) is 27.6 Å². The summed E-state index contributed by atoms with van der Waals surface area (Å²) >= 11 is 3.92. The summed E-state index contributed by atoms with van der Waals surface area (Å²) in [5, 5.41) is 15.6. The first-order valence-corrected chi connectivity index (χ1v) is 8.80. The maximum absolute atomic E-state index is 11.9. The number of nitro benzene ring substituents is 1. The molecule has 0 aliphatic heterocycles. The molecule has 1 aromatic rings. The number of rotatable bonds is 8. The molecule has 0 fully saturated rings. The zero-order valence-corrected chi connectivity index (χ0v) is 14.0. The number of carbonyl (C=O) groups is 2. The largest absolute Gasteiger partial charge is 0.351 e. The van der Waals surface area contributed by atoms with Crippen LogP contribution in [0.4, 0.5) is 5.69 Å². The van der Waals surface area contributed by atoms with E-state index in [1.807, 2.05) is 0 Å². The second-order valence-corrected chi connectivity index (χ2v) is 6.57. The molecule has 0 saturated heterocycles. The first-order valence-electron chi connectivity index (χ1n) is 6.56. The van der Waals surface area contributed by atoms with Gasteiger partial charge < -0.3 is 10.6 Å². The average molecular weight is 377 g/mol. The van der Waals surface area contributed by atoms with E-state index in [9.17, 15) is 28.1 Å². The Morgan fingerprint density at radius 1 is 1.12 bits per heavy atom. The van der Waals surface area contributed by atoms with Gasteiger partial charge in [0.05, 0.1) is 10.7 Å². The Morgan fingerprint density at radius 3 is 2.04 bits per heavy atom. The number of nitrogens with one attached hydrogen (secondary N) is 2. The molecular weight excluding hydrogens is 362 g/mol. The molecule has 0 radical (unpaired) electrons. The van der Waals surface area contributed by atoms with Crippen LogP contribution in [0, 0.1) is 10.1 Å². The van der Waals surface area contributed by atoms with E-state index in [2.05, 4.69) is 23.3 Å². The summed E-state index contributed by atoms with van der Waals surface area (Å²) in [7, 11) is -4.25. The lowest BCUT2D eigenvalue weighted by atomic mass is 10.1. The second kappa shape index (κ2) is 8.61. The van der Waals surface area contributed by atoms with Gasteiger partial charge in [0, 0.05) is 42.1 Å². The quantitative estimate of drug-likeness (QED) is 0.213. The fraction of sp³-hybridized carbons (Fsp3) is 0.333. The predicted molar refractivity (Wildman–Crippen MR) is 88.0 cm³/mol. The van der Waals surface area contributed by atoms with Crippen molar-refractivity contribution in [1.29, 1.82) is 0 Å². The van der Waals surface area contributed by atoms with E-state index in [0.717, 1.165) is 18.2 Å². The Hall–Kier alpha value is -2.18. The van der Waals surface area contributed by atoms with Gasteiger partial charge in [0.15, 0.2) is 0 Å². The molecule has 2 amide bonds. The van der Waals surface area contributed by atoms with E-state index in [-0.39, 0.29) is 24.2 Å². The highest BCUT2D eigenvalue weighted by atomic mass is 32.2. The van der Waals surface area contributed by atoms with Crippen LogP contribution in [0.25, 0.3) is 0 Å². The number of nitrogens with zero attached hydrogens (tertiary/aromatic N) is 1. The lowest BCUT2D eigenvalue weighted by Gasteiger charge is -2.07. The normalized spacial score (nSPS) is 10.9. The predicted octanol–water partition coefficient (Wildman–Crippen LogP) is -0.128. The van der Waals surface area contributed by atoms with Crippen LogP contribution in [0.2, 0.25) is 0 Å². The van der Waals surface area contributed by atoms with Gasteiger partial charge >= 0.3 is 0 Å². The third-order valence-corrected chi connectivity index (χ3v) is 3.64. The van der Waals surface area contributed by atoms with E-state index < -0.39 is 38.3 Å². The lowest BCUT2D eigenvalue weighted by Crippen LogP contribution is -2.30. The Labute approximate surface area is 142 Å². The first-order chi connectivity index (χ1) is 11.1. The minimum atomic E-state index is -4.25. The molecule has 0 spiro atoms. The van der Waals surface area contributed by atoms with Gasteiger partial charge in [0.2, 0.25) is 0 Å². The van der Waals surface area contributed by atoms with Crippen molar-refractivity contribution in [1.82, 2.24) is 10.6 Å². The topological polar surface area (TPSA) is 156 Å². The molecule has 3 N–H and O–H groups in total. The maximum atomic E-state index is 11.9. The zero-order chi connectivity index (χ0) is 18.3. The van der Waals surface area contributed by atoms with Gasteiger partial charge in [-0.15, -0.1) is 0 Å². The molecule has 0 aliphatic carbocycles. The summed E-state index contributed by atoms with van der Waals surface area (Å²) in [4.78, 5) is 34.0. The number of non-ortho nitro benzene ring substituents is 1. The molecule has 0 aliphatic rings. The van der Waals surface area contributed by atoms with Crippen LogP contribution in [0.15, 0.2) is 18.2 Å². The summed E-state index contributed by atoms with van der Waals surface area (Å²) in [5.74, 6) is -1.77. The molecule has 10 nitrogen and oxygen atoms in total. The van der Waals surface area contributed by atoms with Gasteiger partial charge in [-0.1, -0.05) is 0 Å². The van der Waals surface area contributed by atoms with Gasteiger partial charge in [0.1, 0.15) is 0 Å². The van der Waals surface area contributed by atoms with E-state index >= 15 is 0 Å². The molecule has 0 heterocycles. The molecule has 0 aromatic heterocycles. The summed E-state index contributed by atoms with van der Waals surface area (Å²) in [6.07, 6.45) is 0. The first kappa shape index (κ1) is 19.9. The molecule has 0 atom stereocenters. The van der Waals surface area contributed by atoms with Crippen LogP contribution < -0.4 is 10.6 Å². The van der Waals surface area contributed by atoms with Crippen molar-refractivity contribution in [2.45, 2.75) is 0 Å². The van der Waals surface area contributed by atoms with Gasteiger partial charge in [-0.25, -0.2) is 0 Å². The maximum Gasteiger partial charge on any atom is 0.271 e. The van der Waals surface area contributed by atoms with Gasteiger partial charge in [-0.05, 0) is 6.07 Å². The number of carbonyl (C=O) groups excluding carboxylic acids is 2. The van der Waals surface area contributed by atoms with Crippen LogP contribution in [-0.2, 0) is 10.1 Å². The molecule has 0 unspecified atom stereocenters. The summed E-state index contributed by atoms with van der Waals surface area (Å²) in [6, 6.07) is 3.12. The summed E-state index contributed by atoms with van der Waals surface area (Å²) in [6.45, 7) is -0.151. The third kappa shape index (κ3) is 6.52. The van der Waals surface area contributed by atoms with E-state index in [1.165, 1.54) is 0 Å². The fourth-order valence-corrected chi connectivity index (χ4v) is 2.12. The molecular formula is C12H15N3O7S2. The second-order valence-electron chi connectivity index (χ2n) is 4.55. The summed E-state index contributed by atoms with van der Waals surface area (Å²) in [5.41, 5.74) is -0.741. The highest BCUT2D eigenvalue weighted by molar-refractivity contribution is 7.85. The van der Waals surface area contributed by atoms with Crippen LogP contribution in [0.1, 0.15) is 20.7 Å². The Morgan fingerprint density at radius 2 is 1.62 bits per heavy atom. The number of amides is 2. The minimum Gasteiger partial charge on any atom is -0.351 e. The molecule has 1 aromatic carbocycles. The van der Waals surface area contributed by atoms with Crippen molar-refractivity contribution in [2.24, 2.45) is 0 Å². The fourth-order valence-electron chi connectivity index (χ4n) is 1.65. The third-order valence-electron chi connectivity index (χ3n) is 2.70. The van der Waals surface area contributed by atoms with Crippen molar-refractivity contribution >= 4 is 40.2 Å². The highest BCUT2D eigenvalue weighted by Gasteiger charge is 2.18. The molecule has 132 valence electrons. The SMILES string of the molecule is O=C(NCCS)c1cc(C(=O)NCCS(=O)(=O)O)cc([N+](=O)[O-])c1. The van der Waals surface area contributed by atoms with Crippen LogP contribution in [0.3, 0.4) is 0 Å². The summed E-state index contributed by atoms with van der Waals surface area (Å²) < 4.78 is 29.8. The van der Waals surface area contributed by atoms with Crippen molar-refractivity contribution < 1.29 is 27.5 Å². The molecule has 1 rings (SSSR count). The number of benzene rings is 1.